The summed E-state index contributed by atoms with van der Waals surface area (Å²) in [5, 5.41) is 5.74. The molecule has 0 saturated carbocycles. The molecule has 0 fully saturated rings. The summed E-state index contributed by atoms with van der Waals surface area (Å²) in [5.41, 5.74) is 0. The molecule has 0 aromatic carbocycles. The van der Waals surface area contributed by atoms with E-state index < -0.39 is 0 Å². The topological polar surface area (TPSA) is 75.3 Å². The Morgan fingerprint density at radius 2 is 1.17 bits per heavy atom. The van der Waals surface area contributed by atoms with Gasteiger partial charge in [-0.05, 0) is 32.6 Å². The number of carbonyl (C=O) groups excluding carboxylic acids is 3. The van der Waals surface area contributed by atoms with Crippen LogP contribution in [0.5, 0.6) is 0 Å². The van der Waals surface area contributed by atoms with Gasteiger partial charge < -0.3 is 15.4 Å². The first-order valence-corrected chi connectivity index (χ1v) is 9.09. The van der Waals surface area contributed by atoms with Gasteiger partial charge in [-0.2, -0.15) is 0 Å². The Morgan fingerprint density at radius 1 is 0.652 bits per heavy atom. The van der Waals surface area contributed by atoms with Crippen LogP contribution in [-0.4, -0.2) is 30.7 Å². The Kier molecular flexibility index (Phi) is 14.6. The number of hydrogen-bond acceptors (Lipinski definition) is 3. The summed E-state index contributed by atoms with van der Waals surface area (Å²) >= 11 is 0. The molecule has 0 rings (SSSR count). The first kappa shape index (κ1) is 21.6. The summed E-state index contributed by atoms with van der Waals surface area (Å²) in [6.45, 7) is 5.15. The minimum absolute atomic E-state index is 0.0305. The van der Waals surface area contributed by atoms with Gasteiger partial charge in [0.1, 0.15) is 5.78 Å². The Balaban J connectivity index is 3.34. The zero-order chi connectivity index (χ0) is 17.3. The smallest absolute Gasteiger partial charge is 0.220 e. The van der Waals surface area contributed by atoms with E-state index >= 15 is 0 Å². The van der Waals surface area contributed by atoms with Crippen molar-refractivity contribution in [3.05, 3.63) is 0 Å². The van der Waals surface area contributed by atoms with Crippen molar-refractivity contribution in [2.24, 2.45) is 0 Å². The van der Waals surface area contributed by atoms with Crippen LogP contribution in [0.4, 0.5) is 0 Å². The van der Waals surface area contributed by atoms with E-state index in [1.807, 2.05) is 0 Å². The second-order valence-electron chi connectivity index (χ2n) is 6.13. The highest BCUT2D eigenvalue weighted by atomic mass is 16.2. The molecule has 0 unspecified atom stereocenters. The molecule has 0 bridgehead atoms. The Bertz CT molecular complexity index is 343. The lowest BCUT2D eigenvalue weighted by molar-refractivity contribution is -0.122. The fourth-order valence-electron chi connectivity index (χ4n) is 2.25. The summed E-state index contributed by atoms with van der Waals surface area (Å²) in [6.07, 6.45) is 9.43. The molecule has 0 aliphatic carbocycles. The number of ketones is 1. The Hall–Kier alpha value is -1.39. The van der Waals surface area contributed by atoms with Gasteiger partial charge in [0.25, 0.3) is 0 Å². The number of hydrogen-bond donors (Lipinski definition) is 2. The zero-order valence-electron chi connectivity index (χ0n) is 14.9. The van der Waals surface area contributed by atoms with Crippen molar-refractivity contribution in [1.82, 2.24) is 10.6 Å². The van der Waals surface area contributed by atoms with E-state index in [1.165, 1.54) is 0 Å². The van der Waals surface area contributed by atoms with Gasteiger partial charge in [-0.25, -0.2) is 0 Å². The molecule has 0 saturated heterocycles. The highest BCUT2D eigenvalue weighted by Crippen LogP contribution is 2.05. The maximum atomic E-state index is 11.6. The molecule has 5 heteroatoms. The number of carbonyl (C=O) groups is 3. The van der Waals surface area contributed by atoms with E-state index in [1.54, 1.807) is 6.92 Å². The largest absolute Gasteiger partial charge is 0.356 e. The quantitative estimate of drug-likeness (QED) is 0.454. The molecule has 5 nitrogen and oxygen atoms in total. The average Bonchev–Trinajstić information content (AvgIpc) is 2.50. The Labute approximate surface area is 141 Å². The molecular formula is C18H34N2O3. The van der Waals surface area contributed by atoms with Crippen molar-refractivity contribution in [3.8, 4) is 0 Å². The van der Waals surface area contributed by atoms with E-state index in [0.717, 1.165) is 51.5 Å². The van der Waals surface area contributed by atoms with E-state index in [0.29, 0.717) is 32.2 Å². The standard InChI is InChI=1S/C18H34N2O3/c1-3-4-14-19-17(22)12-10-13-18(23)20-15-9-7-5-6-8-11-16(2)21/h3-15H2,1-2H3,(H,19,22)(H,20,23). The first-order valence-electron chi connectivity index (χ1n) is 9.09. The first-order chi connectivity index (χ1) is 11.1. The molecule has 0 aliphatic rings. The normalized spacial score (nSPS) is 10.3. The fourth-order valence-corrected chi connectivity index (χ4v) is 2.25. The van der Waals surface area contributed by atoms with E-state index in [-0.39, 0.29) is 17.6 Å². The van der Waals surface area contributed by atoms with Gasteiger partial charge in [0.2, 0.25) is 11.8 Å². The van der Waals surface area contributed by atoms with Crippen LogP contribution in [0.25, 0.3) is 0 Å². The van der Waals surface area contributed by atoms with Gasteiger partial charge in [-0.1, -0.05) is 32.6 Å². The van der Waals surface area contributed by atoms with E-state index in [4.69, 9.17) is 0 Å². The second-order valence-corrected chi connectivity index (χ2v) is 6.13. The summed E-state index contributed by atoms with van der Waals surface area (Å²) in [5.74, 6) is 0.330. The highest BCUT2D eigenvalue weighted by molar-refractivity contribution is 5.78. The lowest BCUT2D eigenvalue weighted by atomic mass is 10.1. The molecule has 0 heterocycles. The predicted molar refractivity (Wildman–Crippen MR) is 93.2 cm³/mol. The van der Waals surface area contributed by atoms with Crippen molar-refractivity contribution in [3.63, 3.8) is 0 Å². The average molecular weight is 326 g/mol. The molecule has 134 valence electrons. The minimum Gasteiger partial charge on any atom is -0.356 e. The number of rotatable bonds is 15. The fraction of sp³-hybridized carbons (Fsp3) is 0.833. The third-order valence-electron chi connectivity index (χ3n) is 3.69. The summed E-state index contributed by atoms with van der Waals surface area (Å²) in [4.78, 5) is 33.9. The van der Waals surface area contributed by atoms with Crippen LogP contribution in [0.15, 0.2) is 0 Å². The Morgan fingerprint density at radius 3 is 1.74 bits per heavy atom. The van der Waals surface area contributed by atoms with Crippen LogP contribution in [0.1, 0.15) is 84.5 Å². The highest BCUT2D eigenvalue weighted by Gasteiger charge is 2.04. The molecule has 0 spiro atoms. The molecule has 0 aromatic rings. The SMILES string of the molecule is CCCCNC(=O)CCCC(=O)NCCCCCCCC(C)=O. The molecule has 0 aromatic heterocycles. The van der Waals surface area contributed by atoms with Gasteiger partial charge in [0.05, 0.1) is 0 Å². The van der Waals surface area contributed by atoms with Crippen LogP contribution in [0.3, 0.4) is 0 Å². The molecule has 2 N–H and O–H groups in total. The third kappa shape index (κ3) is 16.8. The van der Waals surface area contributed by atoms with Gasteiger partial charge in [-0.15, -0.1) is 0 Å². The van der Waals surface area contributed by atoms with Crippen molar-refractivity contribution in [2.75, 3.05) is 13.1 Å². The zero-order valence-corrected chi connectivity index (χ0v) is 14.9. The lowest BCUT2D eigenvalue weighted by Gasteiger charge is -2.06. The van der Waals surface area contributed by atoms with Crippen LogP contribution >= 0.6 is 0 Å². The maximum Gasteiger partial charge on any atom is 0.220 e. The summed E-state index contributed by atoms with van der Waals surface area (Å²) in [6, 6.07) is 0. The maximum absolute atomic E-state index is 11.6. The van der Waals surface area contributed by atoms with Gasteiger partial charge >= 0.3 is 0 Å². The number of unbranched alkanes of at least 4 members (excludes halogenated alkanes) is 5. The van der Waals surface area contributed by atoms with Gasteiger partial charge in [0, 0.05) is 32.4 Å². The van der Waals surface area contributed by atoms with Crippen molar-refractivity contribution < 1.29 is 14.4 Å². The number of amides is 2. The number of nitrogens with one attached hydrogen (secondary N) is 2. The summed E-state index contributed by atoms with van der Waals surface area (Å²) in [7, 11) is 0. The minimum atomic E-state index is 0.0305. The van der Waals surface area contributed by atoms with Crippen LogP contribution in [0, 0.1) is 0 Å². The molecule has 23 heavy (non-hydrogen) atoms. The molecule has 0 radical (unpaired) electrons. The van der Waals surface area contributed by atoms with Crippen molar-refractivity contribution in [2.45, 2.75) is 84.5 Å². The lowest BCUT2D eigenvalue weighted by Crippen LogP contribution is -2.26. The third-order valence-corrected chi connectivity index (χ3v) is 3.69. The second kappa shape index (κ2) is 15.5. The number of Topliss-reactive ketones (excluding diaryl/α,β-unsaturated/α-hetero) is 1. The monoisotopic (exact) mass is 326 g/mol. The molecule has 2 amide bonds. The van der Waals surface area contributed by atoms with Crippen LogP contribution in [-0.2, 0) is 14.4 Å². The van der Waals surface area contributed by atoms with Crippen molar-refractivity contribution in [1.29, 1.82) is 0 Å². The predicted octanol–water partition coefficient (Wildman–Crippen LogP) is 3.12. The molecular weight excluding hydrogens is 292 g/mol. The molecule has 0 atom stereocenters. The molecule has 0 aliphatic heterocycles. The van der Waals surface area contributed by atoms with E-state index in [9.17, 15) is 14.4 Å². The van der Waals surface area contributed by atoms with Crippen LogP contribution < -0.4 is 10.6 Å². The van der Waals surface area contributed by atoms with Gasteiger partial charge in [-0.3, -0.25) is 9.59 Å². The van der Waals surface area contributed by atoms with E-state index in [2.05, 4.69) is 17.6 Å². The van der Waals surface area contributed by atoms with Gasteiger partial charge in [0.15, 0.2) is 0 Å². The van der Waals surface area contributed by atoms with Crippen LogP contribution in [0.2, 0.25) is 0 Å². The van der Waals surface area contributed by atoms with Crippen molar-refractivity contribution >= 4 is 17.6 Å². The summed E-state index contributed by atoms with van der Waals surface area (Å²) < 4.78 is 0.